The zero-order chi connectivity index (χ0) is 10.5. The zero-order valence-electron chi connectivity index (χ0n) is 8.86. The zero-order valence-corrected chi connectivity index (χ0v) is 8.86. The minimum atomic E-state index is -0.0287. The second kappa shape index (κ2) is 5.08. The Morgan fingerprint density at radius 2 is 2.07 bits per heavy atom. The molecule has 0 aliphatic carbocycles. The predicted octanol–water partition coefficient (Wildman–Crippen LogP) is 1.96. The van der Waals surface area contributed by atoms with Crippen LogP contribution in [0, 0.1) is 0 Å². The molecule has 1 heterocycles. The van der Waals surface area contributed by atoms with E-state index in [9.17, 15) is 4.79 Å². The number of Topliss-reactive ketones (excluding diaryl/α,β-unsaturated/α-hetero) is 1. The van der Waals surface area contributed by atoms with E-state index in [1.807, 2.05) is 30.3 Å². The summed E-state index contributed by atoms with van der Waals surface area (Å²) in [6, 6.07) is 9.89. The molecule has 15 heavy (non-hydrogen) atoms. The number of hydrogen-bond donors (Lipinski definition) is 0. The Labute approximate surface area is 90.7 Å². The number of benzene rings is 1. The quantitative estimate of drug-likeness (QED) is 0.737. The van der Waals surface area contributed by atoms with E-state index >= 15 is 0 Å². The molecule has 2 rings (SSSR count). The number of piperidine rings is 1. The van der Waals surface area contributed by atoms with Crippen LogP contribution in [-0.4, -0.2) is 18.4 Å². The molecular formula is C13H16NO. The topological polar surface area (TPSA) is 31.2 Å². The number of hydrogen-bond acceptors (Lipinski definition) is 1. The first kappa shape index (κ1) is 10.4. The van der Waals surface area contributed by atoms with Gasteiger partial charge in [-0.3, -0.25) is 4.79 Å². The lowest BCUT2D eigenvalue weighted by molar-refractivity contribution is -0.121. The summed E-state index contributed by atoms with van der Waals surface area (Å²) in [7, 11) is 0. The highest BCUT2D eigenvalue weighted by molar-refractivity contribution is 5.86. The fourth-order valence-corrected chi connectivity index (χ4v) is 1.97. The number of ketones is 1. The van der Waals surface area contributed by atoms with E-state index in [1.165, 1.54) is 0 Å². The number of rotatable bonds is 3. The van der Waals surface area contributed by atoms with E-state index in [1.54, 1.807) is 0 Å². The van der Waals surface area contributed by atoms with Gasteiger partial charge in [-0.05, 0) is 18.4 Å². The van der Waals surface area contributed by atoms with Gasteiger partial charge in [-0.15, -0.1) is 0 Å². The monoisotopic (exact) mass is 202 g/mol. The van der Waals surface area contributed by atoms with Crippen LogP contribution < -0.4 is 5.32 Å². The summed E-state index contributed by atoms with van der Waals surface area (Å²) in [5.41, 5.74) is 1.10. The maximum Gasteiger partial charge on any atom is 0.155 e. The fraction of sp³-hybridized carbons (Fsp3) is 0.462. The van der Waals surface area contributed by atoms with Crippen molar-refractivity contribution in [2.75, 3.05) is 6.54 Å². The van der Waals surface area contributed by atoms with Gasteiger partial charge in [-0.1, -0.05) is 36.8 Å². The van der Waals surface area contributed by atoms with Crippen LogP contribution in [0.4, 0.5) is 0 Å². The first-order valence-electron chi connectivity index (χ1n) is 5.59. The van der Waals surface area contributed by atoms with Gasteiger partial charge in [0.05, 0.1) is 6.04 Å². The average Bonchev–Trinajstić information content (AvgIpc) is 2.31. The SMILES string of the molecule is O=C(Cc1ccccc1)C1CCCC[N]1. The van der Waals surface area contributed by atoms with Crippen molar-refractivity contribution in [1.29, 1.82) is 0 Å². The second-order valence-corrected chi connectivity index (χ2v) is 4.05. The molecule has 0 spiro atoms. The highest BCUT2D eigenvalue weighted by Crippen LogP contribution is 2.12. The molecule has 79 valence electrons. The maximum atomic E-state index is 11.9. The number of nitrogens with zero attached hydrogens (tertiary/aromatic N) is 1. The van der Waals surface area contributed by atoms with Crippen LogP contribution in [0.2, 0.25) is 0 Å². The van der Waals surface area contributed by atoms with E-state index in [2.05, 4.69) is 5.32 Å². The molecule has 0 saturated carbocycles. The van der Waals surface area contributed by atoms with Crippen molar-refractivity contribution in [1.82, 2.24) is 5.32 Å². The van der Waals surface area contributed by atoms with E-state index < -0.39 is 0 Å². The Morgan fingerprint density at radius 1 is 1.27 bits per heavy atom. The van der Waals surface area contributed by atoms with E-state index in [0.717, 1.165) is 31.4 Å². The molecule has 0 amide bonds. The first-order chi connectivity index (χ1) is 7.36. The molecule has 2 heteroatoms. The van der Waals surface area contributed by atoms with Crippen LogP contribution in [-0.2, 0) is 11.2 Å². The third kappa shape index (κ3) is 2.90. The normalized spacial score (nSPS) is 21.2. The molecule has 2 nitrogen and oxygen atoms in total. The summed E-state index contributed by atoms with van der Waals surface area (Å²) in [4.78, 5) is 11.9. The Morgan fingerprint density at radius 3 is 2.73 bits per heavy atom. The summed E-state index contributed by atoms with van der Waals surface area (Å²) >= 11 is 0. The van der Waals surface area contributed by atoms with Crippen molar-refractivity contribution in [2.45, 2.75) is 31.7 Å². The molecule has 0 N–H and O–H groups in total. The molecule has 1 aliphatic heterocycles. The van der Waals surface area contributed by atoms with Gasteiger partial charge in [0.1, 0.15) is 0 Å². The highest BCUT2D eigenvalue weighted by atomic mass is 16.1. The van der Waals surface area contributed by atoms with Crippen LogP contribution in [0.25, 0.3) is 0 Å². The van der Waals surface area contributed by atoms with E-state index in [0.29, 0.717) is 6.42 Å². The summed E-state index contributed by atoms with van der Waals surface area (Å²) in [6.45, 7) is 0.866. The van der Waals surface area contributed by atoms with Gasteiger partial charge in [-0.25, -0.2) is 5.32 Å². The fourth-order valence-electron chi connectivity index (χ4n) is 1.97. The molecule has 1 atom stereocenters. The van der Waals surface area contributed by atoms with E-state index in [4.69, 9.17) is 0 Å². The van der Waals surface area contributed by atoms with Gasteiger partial charge in [0, 0.05) is 13.0 Å². The van der Waals surface area contributed by atoms with Crippen LogP contribution >= 0.6 is 0 Å². The lowest BCUT2D eigenvalue weighted by atomic mass is 9.97. The second-order valence-electron chi connectivity index (χ2n) is 4.05. The molecular weight excluding hydrogens is 186 g/mol. The van der Waals surface area contributed by atoms with Crippen molar-refractivity contribution >= 4 is 5.78 Å². The lowest BCUT2D eigenvalue weighted by Crippen LogP contribution is -2.36. The van der Waals surface area contributed by atoms with Crippen molar-refractivity contribution < 1.29 is 4.79 Å². The molecule has 1 saturated heterocycles. The largest absolute Gasteiger partial charge is 0.298 e. The van der Waals surface area contributed by atoms with Gasteiger partial charge in [-0.2, -0.15) is 0 Å². The van der Waals surface area contributed by atoms with Gasteiger partial charge >= 0.3 is 0 Å². The third-order valence-electron chi connectivity index (χ3n) is 2.83. The first-order valence-corrected chi connectivity index (χ1v) is 5.59. The molecule has 1 unspecified atom stereocenters. The molecule has 1 aliphatic rings. The number of carbonyl (C=O) groups is 1. The molecule has 1 fully saturated rings. The summed E-state index contributed by atoms with van der Waals surface area (Å²) in [5.74, 6) is 0.279. The number of carbonyl (C=O) groups excluding carboxylic acids is 1. The highest BCUT2D eigenvalue weighted by Gasteiger charge is 2.21. The van der Waals surface area contributed by atoms with Crippen molar-refractivity contribution in [3.05, 3.63) is 35.9 Å². The van der Waals surface area contributed by atoms with Crippen LogP contribution in [0.5, 0.6) is 0 Å². The van der Waals surface area contributed by atoms with Crippen LogP contribution in [0.1, 0.15) is 24.8 Å². The smallest absolute Gasteiger partial charge is 0.155 e. The standard InChI is InChI=1S/C13H16NO/c15-13(12-8-4-5-9-14-12)10-11-6-2-1-3-7-11/h1-3,6-7,12H,4-5,8-10H2. The Hall–Kier alpha value is -1.15. The summed E-state index contributed by atoms with van der Waals surface area (Å²) in [5, 5.41) is 4.38. The maximum absolute atomic E-state index is 11.9. The van der Waals surface area contributed by atoms with E-state index in [-0.39, 0.29) is 11.8 Å². The molecule has 1 aromatic rings. The predicted molar refractivity (Wildman–Crippen MR) is 59.8 cm³/mol. The summed E-state index contributed by atoms with van der Waals surface area (Å²) < 4.78 is 0. The molecule has 0 aromatic heterocycles. The lowest BCUT2D eigenvalue weighted by Gasteiger charge is -2.20. The minimum absolute atomic E-state index is 0.0287. The van der Waals surface area contributed by atoms with Crippen LogP contribution in [0.15, 0.2) is 30.3 Å². The van der Waals surface area contributed by atoms with Gasteiger partial charge < -0.3 is 0 Å². The van der Waals surface area contributed by atoms with Gasteiger partial charge in [0.15, 0.2) is 5.78 Å². The summed E-state index contributed by atoms with van der Waals surface area (Å²) in [6.07, 6.45) is 3.78. The Balaban J connectivity index is 1.91. The molecule has 1 radical (unpaired) electrons. The molecule has 1 aromatic carbocycles. The Bertz CT molecular complexity index is 315. The van der Waals surface area contributed by atoms with Gasteiger partial charge in [0.25, 0.3) is 0 Å². The van der Waals surface area contributed by atoms with Crippen molar-refractivity contribution in [2.24, 2.45) is 0 Å². The average molecular weight is 202 g/mol. The van der Waals surface area contributed by atoms with Crippen molar-refractivity contribution in [3.8, 4) is 0 Å². The van der Waals surface area contributed by atoms with Crippen molar-refractivity contribution in [3.63, 3.8) is 0 Å². The van der Waals surface area contributed by atoms with Crippen LogP contribution in [0.3, 0.4) is 0 Å². The third-order valence-corrected chi connectivity index (χ3v) is 2.83. The molecule has 0 bridgehead atoms. The minimum Gasteiger partial charge on any atom is -0.298 e. The Kier molecular flexibility index (Phi) is 3.51. The van der Waals surface area contributed by atoms with Gasteiger partial charge in [0.2, 0.25) is 0 Å².